The maximum atomic E-state index is 12.1. The molecule has 22 heavy (non-hydrogen) atoms. The highest BCUT2D eigenvalue weighted by atomic mass is 16.5. The number of carbonyl (C=O) groups excluding carboxylic acids is 2. The summed E-state index contributed by atoms with van der Waals surface area (Å²) in [4.78, 5) is 25.8. The van der Waals surface area contributed by atoms with Gasteiger partial charge in [-0.3, -0.25) is 9.59 Å². The van der Waals surface area contributed by atoms with Crippen LogP contribution in [0, 0.1) is 5.92 Å². The Labute approximate surface area is 130 Å². The number of hydrogen-bond donors (Lipinski definition) is 1. The minimum atomic E-state index is -0.213. The monoisotopic (exact) mass is 302 g/mol. The Morgan fingerprint density at radius 2 is 1.95 bits per heavy atom. The van der Waals surface area contributed by atoms with E-state index in [0.29, 0.717) is 12.1 Å². The number of rotatable bonds is 6. The fourth-order valence-corrected chi connectivity index (χ4v) is 2.61. The third-order valence-corrected chi connectivity index (χ3v) is 4.20. The molecule has 118 valence electrons. The lowest BCUT2D eigenvalue weighted by atomic mass is 10.2. The number of nitrogens with zero attached hydrogens (tertiary/aromatic N) is 1. The van der Waals surface area contributed by atoms with Crippen LogP contribution >= 0.6 is 0 Å². The first kappa shape index (κ1) is 15.0. The lowest BCUT2D eigenvalue weighted by Gasteiger charge is -2.17. The number of amides is 2. The van der Waals surface area contributed by atoms with E-state index >= 15 is 0 Å². The smallest absolute Gasteiger partial charge is 0.251 e. The van der Waals surface area contributed by atoms with Crippen LogP contribution in [0.4, 0.5) is 0 Å². The predicted molar refractivity (Wildman–Crippen MR) is 82.4 cm³/mol. The van der Waals surface area contributed by atoms with Gasteiger partial charge in [-0.05, 0) is 37.3 Å². The molecule has 2 aliphatic rings. The quantitative estimate of drug-likeness (QED) is 0.865. The van der Waals surface area contributed by atoms with Crippen LogP contribution in [0.15, 0.2) is 30.3 Å². The Kier molecular flexibility index (Phi) is 4.73. The molecule has 2 amide bonds. The SMILES string of the molecule is O=C(NCC(=O)N1CCC(OCC2CC2)C1)c1ccccc1. The standard InChI is InChI=1S/C17H22N2O3/c20-16(10-18-17(21)14-4-2-1-3-5-14)19-9-8-15(11-19)22-12-13-6-7-13/h1-5,13,15H,6-12H2,(H,18,21). The Balaban J connectivity index is 1.39. The summed E-state index contributed by atoms with van der Waals surface area (Å²) in [5.74, 6) is 0.492. The summed E-state index contributed by atoms with van der Waals surface area (Å²) >= 11 is 0. The zero-order chi connectivity index (χ0) is 15.4. The first-order valence-electron chi connectivity index (χ1n) is 7.95. The van der Waals surface area contributed by atoms with Crippen LogP contribution in [-0.4, -0.2) is 49.1 Å². The summed E-state index contributed by atoms with van der Waals surface area (Å²) in [6.45, 7) is 2.24. The fourth-order valence-electron chi connectivity index (χ4n) is 2.61. The molecule has 1 atom stereocenters. The van der Waals surface area contributed by atoms with Crippen molar-refractivity contribution in [3.63, 3.8) is 0 Å². The molecule has 1 N–H and O–H groups in total. The lowest BCUT2D eigenvalue weighted by Crippen LogP contribution is -2.39. The molecule has 1 unspecified atom stereocenters. The summed E-state index contributed by atoms with van der Waals surface area (Å²) in [6, 6.07) is 8.93. The maximum Gasteiger partial charge on any atom is 0.251 e. The predicted octanol–water partition coefficient (Wildman–Crippen LogP) is 1.44. The van der Waals surface area contributed by atoms with Gasteiger partial charge in [-0.25, -0.2) is 0 Å². The zero-order valence-electron chi connectivity index (χ0n) is 12.7. The van der Waals surface area contributed by atoms with Crippen molar-refractivity contribution in [1.29, 1.82) is 0 Å². The van der Waals surface area contributed by atoms with Crippen molar-refractivity contribution in [2.75, 3.05) is 26.2 Å². The summed E-state index contributed by atoms with van der Waals surface area (Å²) in [7, 11) is 0. The van der Waals surface area contributed by atoms with Crippen LogP contribution in [0.3, 0.4) is 0 Å². The summed E-state index contributed by atoms with van der Waals surface area (Å²) in [5.41, 5.74) is 0.572. The van der Waals surface area contributed by atoms with Gasteiger partial charge in [-0.2, -0.15) is 0 Å². The number of ether oxygens (including phenoxy) is 1. The Morgan fingerprint density at radius 1 is 1.18 bits per heavy atom. The fraction of sp³-hybridized carbons (Fsp3) is 0.529. The van der Waals surface area contributed by atoms with Crippen molar-refractivity contribution >= 4 is 11.8 Å². The van der Waals surface area contributed by atoms with Gasteiger partial charge in [0.05, 0.1) is 12.6 Å². The van der Waals surface area contributed by atoms with E-state index in [1.54, 1.807) is 29.2 Å². The molecule has 0 spiro atoms. The average molecular weight is 302 g/mol. The van der Waals surface area contributed by atoms with E-state index in [4.69, 9.17) is 4.74 Å². The first-order valence-corrected chi connectivity index (χ1v) is 7.95. The number of hydrogen-bond acceptors (Lipinski definition) is 3. The van der Waals surface area contributed by atoms with Crippen LogP contribution in [0.1, 0.15) is 29.6 Å². The minimum absolute atomic E-state index is 0.0400. The molecule has 0 aromatic heterocycles. The van der Waals surface area contributed by atoms with Gasteiger partial charge in [-0.15, -0.1) is 0 Å². The highest BCUT2D eigenvalue weighted by Crippen LogP contribution is 2.29. The van der Waals surface area contributed by atoms with E-state index in [1.165, 1.54) is 12.8 Å². The zero-order valence-corrected chi connectivity index (χ0v) is 12.7. The van der Waals surface area contributed by atoms with Gasteiger partial charge in [0.2, 0.25) is 5.91 Å². The summed E-state index contributed by atoms with van der Waals surface area (Å²) in [5, 5.41) is 2.68. The van der Waals surface area contributed by atoms with Crippen LogP contribution in [0.25, 0.3) is 0 Å². The van der Waals surface area contributed by atoms with E-state index in [1.807, 2.05) is 6.07 Å². The number of carbonyl (C=O) groups is 2. The normalized spacial score (nSPS) is 20.9. The molecule has 1 aromatic rings. The van der Waals surface area contributed by atoms with E-state index in [2.05, 4.69) is 5.32 Å². The first-order chi connectivity index (χ1) is 10.7. The molecule has 0 radical (unpaired) electrons. The Morgan fingerprint density at radius 3 is 2.68 bits per heavy atom. The molecule has 1 aliphatic carbocycles. The lowest BCUT2D eigenvalue weighted by molar-refractivity contribution is -0.129. The molecule has 1 aromatic carbocycles. The second-order valence-electron chi connectivity index (χ2n) is 6.08. The molecular weight excluding hydrogens is 280 g/mol. The van der Waals surface area contributed by atoms with Crippen molar-refractivity contribution in [2.24, 2.45) is 5.92 Å². The highest BCUT2D eigenvalue weighted by Gasteiger charge is 2.29. The molecule has 0 bridgehead atoms. The topological polar surface area (TPSA) is 58.6 Å². The molecule has 5 nitrogen and oxygen atoms in total. The summed E-state index contributed by atoms with van der Waals surface area (Å²) in [6.07, 6.45) is 3.61. The van der Waals surface area contributed by atoms with Gasteiger partial charge in [0.25, 0.3) is 5.91 Å². The third-order valence-electron chi connectivity index (χ3n) is 4.20. The molecule has 1 saturated heterocycles. The van der Waals surface area contributed by atoms with Gasteiger partial charge < -0.3 is 15.0 Å². The molecule has 2 fully saturated rings. The second kappa shape index (κ2) is 6.92. The van der Waals surface area contributed by atoms with Crippen molar-refractivity contribution in [3.8, 4) is 0 Å². The number of nitrogens with one attached hydrogen (secondary N) is 1. The van der Waals surface area contributed by atoms with Crippen LogP contribution in [0.5, 0.6) is 0 Å². The van der Waals surface area contributed by atoms with Gasteiger partial charge >= 0.3 is 0 Å². The molecule has 1 saturated carbocycles. The van der Waals surface area contributed by atoms with E-state index < -0.39 is 0 Å². The largest absolute Gasteiger partial charge is 0.376 e. The Hall–Kier alpha value is -1.88. The third kappa shape index (κ3) is 4.07. The highest BCUT2D eigenvalue weighted by molar-refractivity contribution is 5.96. The van der Waals surface area contributed by atoms with Crippen LogP contribution < -0.4 is 5.32 Å². The number of likely N-dealkylation sites (tertiary alicyclic amines) is 1. The second-order valence-corrected chi connectivity index (χ2v) is 6.08. The molecule has 5 heteroatoms. The molecule has 1 heterocycles. The molecular formula is C17H22N2O3. The average Bonchev–Trinajstić information content (AvgIpc) is 3.27. The maximum absolute atomic E-state index is 12.1. The van der Waals surface area contributed by atoms with E-state index in [9.17, 15) is 9.59 Å². The summed E-state index contributed by atoms with van der Waals surface area (Å²) < 4.78 is 5.82. The molecule has 3 rings (SSSR count). The van der Waals surface area contributed by atoms with Gasteiger partial charge in [0.15, 0.2) is 0 Å². The van der Waals surface area contributed by atoms with Crippen LogP contribution in [-0.2, 0) is 9.53 Å². The Bertz CT molecular complexity index is 528. The van der Waals surface area contributed by atoms with Crippen molar-refractivity contribution in [2.45, 2.75) is 25.4 Å². The van der Waals surface area contributed by atoms with Crippen molar-refractivity contribution in [3.05, 3.63) is 35.9 Å². The van der Waals surface area contributed by atoms with Gasteiger partial charge in [0.1, 0.15) is 0 Å². The van der Waals surface area contributed by atoms with Gasteiger partial charge in [-0.1, -0.05) is 18.2 Å². The van der Waals surface area contributed by atoms with Crippen molar-refractivity contribution < 1.29 is 14.3 Å². The number of benzene rings is 1. The van der Waals surface area contributed by atoms with E-state index in [-0.39, 0.29) is 24.5 Å². The van der Waals surface area contributed by atoms with E-state index in [0.717, 1.165) is 25.5 Å². The van der Waals surface area contributed by atoms with Gasteiger partial charge in [0, 0.05) is 25.3 Å². The molecule has 1 aliphatic heterocycles. The van der Waals surface area contributed by atoms with Crippen molar-refractivity contribution in [1.82, 2.24) is 10.2 Å². The minimum Gasteiger partial charge on any atom is -0.376 e. The van der Waals surface area contributed by atoms with Crippen LogP contribution in [0.2, 0.25) is 0 Å².